The maximum Gasteiger partial charge on any atom is 0.0493 e. The third-order valence-corrected chi connectivity index (χ3v) is 4.36. The number of rotatable bonds is 1. The molecule has 77 valence electrons. The lowest BCUT2D eigenvalue weighted by molar-refractivity contribution is 0.446. The Labute approximate surface area is 94.9 Å². The summed E-state index contributed by atoms with van der Waals surface area (Å²) >= 11 is 1.78. The predicted molar refractivity (Wildman–Crippen MR) is 66.5 cm³/mol. The van der Waals surface area contributed by atoms with Crippen molar-refractivity contribution in [2.75, 3.05) is 0 Å². The van der Waals surface area contributed by atoms with Gasteiger partial charge in [-0.2, -0.15) is 0 Å². The topological polar surface area (TPSA) is 0 Å². The zero-order valence-electron chi connectivity index (χ0n) is 8.83. The van der Waals surface area contributed by atoms with Crippen LogP contribution in [0.3, 0.4) is 0 Å². The van der Waals surface area contributed by atoms with Crippen molar-refractivity contribution in [1.82, 2.24) is 0 Å². The zero-order chi connectivity index (χ0) is 10.1. The molecule has 0 spiro atoms. The molecule has 1 fully saturated rings. The fraction of sp³-hybridized carbons (Fsp3) is 0.429. The average molecular weight is 215 g/mol. The van der Waals surface area contributed by atoms with Gasteiger partial charge < -0.3 is 0 Å². The highest BCUT2D eigenvalue weighted by Crippen LogP contribution is 2.38. The smallest absolute Gasteiger partial charge is 0.0493 e. The molecule has 1 aromatic carbocycles. The van der Waals surface area contributed by atoms with E-state index in [0.717, 1.165) is 5.92 Å². The van der Waals surface area contributed by atoms with Crippen molar-refractivity contribution in [3.63, 3.8) is 0 Å². The standard InChI is InChI=1S/C14H15S/c1-2-6-11(7-3-1)13-10-15-14-9-5-4-8-12(13)14/h4-5,8-9,11H,1-3,6-7H2. The second-order valence-electron chi connectivity index (χ2n) is 4.45. The zero-order valence-corrected chi connectivity index (χ0v) is 9.65. The predicted octanol–water partition coefficient (Wildman–Crippen LogP) is 4.75. The number of thiophene rings is 1. The molecule has 1 aromatic heterocycles. The Morgan fingerprint density at radius 1 is 1.07 bits per heavy atom. The van der Waals surface area contributed by atoms with Crippen LogP contribution in [-0.2, 0) is 0 Å². The van der Waals surface area contributed by atoms with E-state index in [-0.39, 0.29) is 0 Å². The molecule has 1 heteroatoms. The fourth-order valence-corrected chi connectivity index (χ4v) is 3.57. The van der Waals surface area contributed by atoms with Crippen LogP contribution >= 0.6 is 11.3 Å². The maximum absolute atomic E-state index is 3.53. The first-order chi connectivity index (χ1) is 7.45. The van der Waals surface area contributed by atoms with Crippen molar-refractivity contribution in [2.45, 2.75) is 38.0 Å². The van der Waals surface area contributed by atoms with Crippen molar-refractivity contribution in [3.05, 3.63) is 35.2 Å². The van der Waals surface area contributed by atoms with E-state index in [9.17, 15) is 0 Å². The van der Waals surface area contributed by atoms with Crippen LogP contribution in [0.1, 0.15) is 43.6 Å². The Hall–Kier alpha value is -0.820. The van der Waals surface area contributed by atoms with Crippen LogP contribution in [0, 0.1) is 5.38 Å². The molecule has 0 amide bonds. The second-order valence-corrected chi connectivity index (χ2v) is 5.30. The normalized spacial score (nSPS) is 18.4. The largest absolute Gasteiger partial charge is 0.134 e. The maximum atomic E-state index is 3.53. The van der Waals surface area contributed by atoms with Gasteiger partial charge in [0, 0.05) is 10.1 Å². The van der Waals surface area contributed by atoms with Gasteiger partial charge in [0.15, 0.2) is 0 Å². The first kappa shape index (κ1) is 9.41. The van der Waals surface area contributed by atoms with E-state index in [1.165, 1.54) is 47.8 Å². The molecule has 1 saturated carbocycles. The molecule has 0 N–H and O–H groups in total. The summed E-state index contributed by atoms with van der Waals surface area (Å²) in [5.41, 5.74) is 1.50. The van der Waals surface area contributed by atoms with Gasteiger partial charge in [-0.15, -0.1) is 11.3 Å². The number of hydrogen-bond acceptors (Lipinski definition) is 1. The lowest BCUT2D eigenvalue weighted by Crippen LogP contribution is -2.03. The van der Waals surface area contributed by atoms with Gasteiger partial charge in [-0.3, -0.25) is 0 Å². The van der Waals surface area contributed by atoms with E-state index >= 15 is 0 Å². The van der Waals surface area contributed by atoms with E-state index in [1.54, 1.807) is 11.3 Å². The van der Waals surface area contributed by atoms with Gasteiger partial charge in [-0.1, -0.05) is 37.5 Å². The molecule has 1 aliphatic carbocycles. The number of hydrogen-bond donors (Lipinski definition) is 0. The van der Waals surface area contributed by atoms with E-state index in [1.807, 2.05) is 0 Å². The Balaban J connectivity index is 2.02. The minimum Gasteiger partial charge on any atom is -0.134 e. The van der Waals surface area contributed by atoms with Crippen LogP contribution in [-0.4, -0.2) is 0 Å². The van der Waals surface area contributed by atoms with Crippen molar-refractivity contribution >= 4 is 21.4 Å². The molecule has 1 aliphatic rings. The highest BCUT2D eigenvalue weighted by Gasteiger charge is 2.18. The summed E-state index contributed by atoms with van der Waals surface area (Å²) in [6.45, 7) is 0. The molecule has 2 aromatic rings. The van der Waals surface area contributed by atoms with Crippen LogP contribution in [0.2, 0.25) is 0 Å². The summed E-state index contributed by atoms with van der Waals surface area (Å²) in [4.78, 5) is 0. The molecule has 3 rings (SSSR count). The Kier molecular flexibility index (Phi) is 2.49. The molecule has 0 aliphatic heterocycles. The number of fused-ring (bicyclic) bond motifs is 1. The first-order valence-electron chi connectivity index (χ1n) is 5.84. The monoisotopic (exact) mass is 215 g/mol. The van der Waals surface area contributed by atoms with Crippen molar-refractivity contribution < 1.29 is 0 Å². The van der Waals surface area contributed by atoms with E-state index in [2.05, 4.69) is 29.6 Å². The molecule has 0 unspecified atom stereocenters. The summed E-state index contributed by atoms with van der Waals surface area (Å²) in [6, 6.07) is 8.74. The molecule has 1 heterocycles. The minimum absolute atomic E-state index is 0.787. The highest BCUT2D eigenvalue weighted by molar-refractivity contribution is 7.16. The second kappa shape index (κ2) is 3.97. The van der Waals surface area contributed by atoms with Crippen LogP contribution < -0.4 is 0 Å². The van der Waals surface area contributed by atoms with E-state index < -0.39 is 0 Å². The molecule has 15 heavy (non-hydrogen) atoms. The Bertz CT molecular complexity index is 449. The third kappa shape index (κ3) is 1.69. The van der Waals surface area contributed by atoms with Crippen LogP contribution in [0.5, 0.6) is 0 Å². The summed E-state index contributed by atoms with van der Waals surface area (Å²) < 4.78 is 1.40. The molecule has 1 radical (unpaired) electrons. The van der Waals surface area contributed by atoms with Crippen LogP contribution in [0.15, 0.2) is 24.3 Å². The Morgan fingerprint density at radius 2 is 1.87 bits per heavy atom. The highest BCUT2D eigenvalue weighted by atomic mass is 32.1. The molecular weight excluding hydrogens is 200 g/mol. The van der Waals surface area contributed by atoms with E-state index in [0.29, 0.717) is 0 Å². The summed E-state index contributed by atoms with van der Waals surface area (Å²) in [7, 11) is 0. The van der Waals surface area contributed by atoms with Gasteiger partial charge in [-0.05, 0) is 35.8 Å². The van der Waals surface area contributed by atoms with Crippen LogP contribution in [0.25, 0.3) is 10.1 Å². The summed E-state index contributed by atoms with van der Waals surface area (Å²) in [5.74, 6) is 0.787. The third-order valence-electron chi connectivity index (χ3n) is 3.46. The van der Waals surface area contributed by atoms with Gasteiger partial charge in [0.05, 0.1) is 0 Å². The summed E-state index contributed by atoms with van der Waals surface area (Å²) in [5, 5.41) is 4.98. The minimum atomic E-state index is 0.787. The SMILES string of the molecule is [c]1sc2ccccc2c1C1CCCCC1. The molecular formula is C14H15S. The molecule has 0 atom stereocenters. The molecule has 0 nitrogen and oxygen atoms in total. The van der Waals surface area contributed by atoms with Gasteiger partial charge in [0.25, 0.3) is 0 Å². The van der Waals surface area contributed by atoms with Crippen molar-refractivity contribution in [2.24, 2.45) is 0 Å². The quantitative estimate of drug-likeness (QED) is 0.644. The van der Waals surface area contributed by atoms with Gasteiger partial charge in [0.1, 0.15) is 0 Å². The van der Waals surface area contributed by atoms with Crippen LogP contribution in [0.4, 0.5) is 0 Å². The van der Waals surface area contributed by atoms with Gasteiger partial charge >= 0.3 is 0 Å². The Morgan fingerprint density at radius 3 is 2.73 bits per heavy atom. The average Bonchev–Trinajstić information content (AvgIpc) is 2.74. The van der Waals surface area contributed by atoms with Gasteiger partial charge in [0.2, 0.25) is 0 Å². The molecule has 0 bridgehead atoms. The van der Waals surface area contributed by atoms with Crippen molar-refractivity contribution in [3.8, 4) is 0 Å². The molecule has 0 saturated heterocycles. The number of benzene rings is 1. The fourth-order valence-electron chi connectivity index (χ4n) is 2.64. The van der Waals surface area contributed by atoms with E-state index in [4.69, 9.17) is 0 Å². The van der Waals surface area contributed by atoms with Gasteiger partial charge in [-0.25, -0.2) is 0 Å². The lowest BCUT2D eigenvalue weighted by Gasteiger charge is -2.20. The lowest BCUT2D eigenvalue weighted by atomic mass is 9.84. The first-order valence-corrected chi connectivity index (χ1v) is 6.66. The summed E-state index contributed by atoms with van der Waals surface area (Å²) in [6.07, 6.45) is 6.98. The van der Waals surface area contributed by atoms with Crippen molar-refractivity contribution in [1.29, 1.82) is 0 Å².